The molecule has 4 heterocycles. The van der Waals surface area contributed by atoms with Gasteiger partial charge in [0, 0.05) is 28.9 Å². The lowest BCUT2D eigenvalue weighted by Crippen LogP contribution is -2.10. The van der Waals surface area contributed by atoms with Gasteiger partial charge in [-0.2, -0.15) is 5.10 Å². The molecule has 5 heteroatoms. The third kappa shape index (κ3) is 2.41. The van der Waals surface area contributed by atoms with Crippen LogP contribution in [-0.2, 0) is 0 Å². The molecule has 0 aliphatic heterocycles. The topological polar surface area (TPSA) is 58.9 Å². The molecule has 4 aromatic rings. The predicted molar refractivity (Wildman–Crippen MR) is 108 cm³/mol. The summed E-state index contributed by atoms with van der Waals surface area (Å²) in [6.07, 6.45) is 7.58. The molecule has 4 aromatic heterocycles. The number of aryl methyl sites for hydroxylation is 1. The van der Waals surface area contributed by atoms with Crippen LogP contribution < -0.4 is 0 Å². The molecule has 1 N–H and O–H groups in total. The lowest BCUT2D eigenvalue weighted by Gasteiger charge is -2.24. The lowest BCUT2D eigenvalue weighted by atomic mass is 9.82. The summed E-state index contributed by atoms with van der Waals surface area (Å²) in [6.45, 7) is 8.79. The SMILES string of the molecule is Cc1c(-c2[nH]c3ccc(C4CCC4)nc3c2C(C)C)cn2ncnc2c1C. The van der Waals surface area contributed by atoms with E-state index >= 15 is 0 Å². The number of hydrogen-bond donors (Lipinski definition) is 1. The smallest absolute Gasteiger partial charge is 0.158 e. The second kappa shape index (κ2) is 5.91. The molecule has 1 saturated carbocycles. The first-order chi connectivity index (χ1) is 13.0. The van der Waals surface area contributed by atoms with E-state index in [9.17, 15) is 0 Å². The lowest BCUT2D eigenvalue weighted by molar-refractivity contribution is 0.412. The van der Waals surface area contributed by atoms with Crippen molar-refractivity contribution in [1.82, 2.24) is 24.6 Å². The fourth-order valence-electron chi connectivity index (χ4n) is 4.26. The molecular weight excluding hydrogens is 334 g/mol. The maximum Gasteiger partial charge on any atom is 0.158 e. The van der Waals surface area contributed by atoms with E-state index in [2.05, 4.69) is 61.1 Å². The first-order valence-corrected chi connectivity index (χ1v) is 9.87. The van der Waals surface area contributed by atoms with Crippen LogP contribution in [0.25, 0.3) is 27.9 Å². The molecule has 138 valence electrons. The fourth-order valence-corrected chi connectivity index (χ4v) is 4.26. The maximum absolute atomic E-state index is 5.10. The van der Waals surface area contributed by atoms with Gasteiger partial charge < -0.3 is 4.98 Å². The van der Waals surface area contributed by atoms with Crippen LogP contribution in [0.2, 0.25) is 0 Å². The Kier molecular flexibility index (Phi) is 3.61. The van der Waals surface area contributed by atoms with Gasteiger partial charge in [0.25, 0.3) is 0 Å². The van der Waals surface area contributed by atoms with E-state index in [0.717, 1.165) is 22.4 Å². The number of nitrogens with one attached hydrogen (secondary N) is 1. The quantitative estimate of drug-likeness (QED) is 0.541. The van der Waals surface area contributed by atoms with Gasteiger partial charge in [0.1, 0.15) is 6.33 Å². The summed E-state index contributed by atoms with van der Waals surface area (Å²) in [6, 6.07) is 4.41. The van der Waals surface area contributed by atoms with Crippen LogP contribution in [0.3, 0.4) is 0 Å². The summed E-state index contributed by atoms with van der Waals surface area (Å²) in [4.78, 5) is 13.2. The zero-order valence-electron chi connectivity index (χ0n) is 16.4. The van der Waals surface area contributed by atoms with Crippen molar-refractivity contribution in [3.05, 3.63) is 47.0 Å². The van der Waals surface area contributed by atoms with Gasteiger partial charge in [0.2, 0.25) is 0 Å². The summed E-state index contributed by atoms with van der Waals surface area (Å²) >= 11 is 0. The van der Waals surface area contributed by atoms with E-state index in [0.29, 0.717) is 11.8 Å². The van der Waals surface area contributed by atoms with Crippen molar-refractivity contribution in [3.8, 4) is 11.3 Å². The number of pyridine rings is 2. The summed E-state index contributed by atoms with van der Waals surface area (Å²) in [7, 11) is 0. The molecule has 0 saturated heterocycles. The van der Waals surface area contributed by atoms with Crippen molar-refractivity contribution in [2.45, 2.75) is 58.8 Å². The number of rotatable bonds is 3. The zero-order valence-corrected chi connectivity index (χ0v) is 16.4. The van der Waals surface area contributed by atoms with Gasteiger partial charge in [0.15, 0.2) is 5.65 Å². The highest BCUT2D eigenvalue weighted by molar-refractivity contribution is 5.89. The van der Waals surface area contributed by atoms with Gasteiger partial charge in [0.05, 0.1) is 16.7 Å². The Bertz CT molecular complexity index is 1160. The predicted octanol–water partition coefficient (Wildman–Crippen LogP) is 5.28. The average molecular weight is 359 g/mol. The van der Waals surface area contributed by atoms with Crippen molar-refractivity contribution < 1.29 is 0 Å². The van der Waals surface area contributed by atoms with Crippen molar-refractivity contribution in [1.29, 1.82) is 0 Å². The van der Waals surface area contributed by atoms with E-state index in [1.54, 1.807) is 6.33 Å². The molecule has 0 aromatic carbocycles. The van der Waals surface area contributed by atoms with Crippen molar-refractivity contribution in [3.63, 3.8) is 0 Å². The standard InChI is InChI=1S/C22H25N5/c1-12(2)19-20(16-10-27-22(23-11-24-27)14(4)13(16)3)26-18-9-8-17(25-21(18)19)15-6-5-7-15/h8-12,15,26H,5-7H2,1-4H3. The van der Waals surface area contributed by atoms with Crippen LogP contribution >= 0.6 is 0 Å². The van der Waals surface area contributed by atoms with Gasteiger partial charge in [-0.15, -0.1) is 0 Å². The molecule has 1 aliphatic rings. The van der Waals surface area contributed by atoms with Gasteiger partial charge in [-0.05, 0) is 55.9 Å². The number of aromatic nitrogens is 5. The van der Waals surface area contributed by atoms with Crippen LogP contribution in [0.15, 0.2) is 24.7 Å². The van der Waals surface area contributed by atoms with E-state index < -0.39 is 0 Å². The number of H-pyrrole nitrogens is 1. The van der Waals surface area contributed by atoms with Crippen LogP contribution in [-0.4, -0.2) is 24.6 Å². The van der Waals surface area contributed by atoms with Crippen molar-refractivity contribution >= 4 is 16.7 Å². The van der Waals surface area contributed by atoms with Gasteiger partial charge in [-0.1, -0.05) is 20.3 Å². The Balaban J connectivity index is 1.77. The Morgan fingerprint density at radius 3 is 2.67 bits per heavy atom. The van der Waals surface area contributed by atoms with Crippen LogP contribution in [0, 0.1) is 13.8 Å². The molecule has 0 atom stereocenters. The minimum Gasteiger partial charge on any atom is -0.353 e. The van der Waals surface area contributed by atoms with Crippen molar-refractivity contribution in [2.75, 3.05) is 0 Å². The monoisotopic (exact) mass is 359 g/mol. The van der Waals surface area contributed by atoms with Crippen LogP contribution in [0.4, 0.5) is 0 Å². The number of hydrogen-bond acceptors (Lipinski definition) is 3. The van der Waals surface area contributed by atoms with E-state index in [1.165, 1.54) is 47.2 Å². The summed E-state index contributed by atoms with van der Waals surface area (Å²) < 4.78 is 1.88. The minimum absolute atomic E-state index is 0.379. The third-order valence-corrected chi connectivity index (χ3v) is 6.20. The Morgan fingerprint density at radius 1 is 1.15 bits per heavy atom. The Hall–Kier alpha value is -2.69. The molecule has 0 spiro atoms. The summed E-state index contributed by atoms with van der Waals surface area (Å²) in [5, 5.41) is 4.37. The average Bonchev–Trinajstić information content (AvgIpc) is 3.20. The Morgan fingerprint density at radius 2 is 1.96 bits per heavy atom. The van der Waals surface area contributed by atoms with E-state index in [-0.39, 0.29) is 0 Å². The maximum atomic E-state index is 5.10. The summed E-state index contributed by atoms with van der Waals surface area (Å²) in [5.41, 5.74) is 10.5. The highest BCUT2D eigenvalue weighted by atomic mass is 15.3. The van der Waals surface area contributed by atoms with Gasteiger partial charge in [-0.3, -0.25) is 4.98 Å². The molecule has 5 nitrogen and oxygen atoms in total. The molecule has 0 amide bonds. The summed E-state index contributed by atoms with van der Waals surface area (Å²) in [5.74, 6) is 1.02. The molecule has 27 heavy (non-hydrogen) atoms. The molecule has 0 unspecified atom stereocenters. The molecule has 1 fully saturated rings. The molecule has 1 aliphatic carbocycles. The number of aromatic amines is 1. The first kappa shape index (κ1) is 16.5. The highest BCUT2D eigenvalue weighted by Gasteiger charge is 2.24. The van der Waals surface area contributed by atoms with E-state index in [4.69, 9.17) is 4.98 Å². The molecule has 5 rings (SSSR count). The fraction of sp³-hybridized carbons (Fsp3) is 0.409. The second-order valence-electron chi connectivity index (χ2n) is 8.15. The van der Waals surface area contributed by atoms with Crippen LogP contribution in [0.1, 0.15) is 67.3 Å². The second-order valence-corrected chi connectivity index (χ2v) is 8.15. The highest BCUT2D eigenvalue weighted by Crippen LogP contribution is 2.40. The molecule has 0 radical (unpaired) electrons. The van der Waals surface area contributed by atoms with Crippen LogP contribution in [0.5, 0.6) is 0 Å². The molecular formula is C22H25N5. The molecule has 0 bridgehead atoms. The normalized spacial score (nSPS) is 15.1. The third-order valence-electron chi connectivity index (χ3n) is 6.20. The van der Waals surface area contributed by atoms with Crippen molar-refractivity contribution in [2.24, 2.45) is 0 Å². The van der Waals surface area contributed by atoms with E-state index in [1.807, 2.05) is 4.52 Å². The van der Waals surface area contributed by atoms with Gasteiger partial charge in [-0.25, -0.2) is 9.50 Å². The number of fused-ring (bicyclic) bond motifs is 2. The Labute approximate surface area is 158 Å². The number of nitrogens with zero attached hydrogens (tertiary/aromatic N) is 4. The van der Waals surface area contributed by atoms with Gasteiger partial charge >= 0.3 is 0 Å². The first-order valence-electron chi connectivity index (χ1n) is 9.87. The largest absolute Gasteiger partial charge is 0.353 e. The zero-order chi connectivity index (χ0) is 18.7. The minimum atomic E-state index is 0.379.